The average molecular weight is 420 g/mol. The molecule has 2 amide bonds. The Morgan fingerprint density at radius 3 is 2.06 bits per heavy atom. The number of hydrogen-bond donors (Lipinski definition) is 1. The van der Waals surface area contributed by atoms with Crippen molar-refractivity contribution in [3.05, 3.63) is 102 Å². The molecule has 0 spiro atoms. The first-order chi connectivity index (χ1) is 15.7. The average Bonchev–Trinajstić information content (AvgIpc) is 2.84. The summed E-state index contributed by atoms with van der Waals surface area (Å²) < 4.78 is 0. The minimum atomic E-state index is -0.476. The van der Waals surface area contributed by atoms with Crippen molar-refractivity contribution in [2.75, 3.05) is 5.43 Å². The van der Waals surface area contributed by atoms with Crippen LogP contribution < -0.4 is 5.43 Å². The lowest BCUT2D eigenvalue weighted by atomic mass is 9.94. The molecule has 154 valence electrons. The molecule has 4 aromatic rings. The van der Waals surface area contributed by atoms with Crippen LogP contribution in [0.2, 0.25) is 0 Å². The molecule has 8 heteroatoms. The Balaban J connectivity index is 1.49. The first-order valence-corrected chi connectivity index (χ1v) is 9.80. The van der Waals surface area contributed by atoms with E-state index in [0.29, 0.717) is 22.2 Å². The zero-order chi connectivity index (χ0) is 21.9. The van der Waals surface area contributed by atoms with Gasteiger partial charge in [0.1, 0.15) is 0 Å². The summed E-state index contributed by atoms with van der Waals surface area (Å²) in [5, 5.41) is 10.6. The maximum absolute atomic E-state index is 13.1. The van der Waals surface area contributed by atoms with Gasteiger partial charge in [0.25, 0.3) is 11.8 Å². The number of hydrogen-bond acceptors (Lipinski definition) is 7. The van der Waals surface area contributed by atoms with Crippen molar-refractivity contribution in [2.45, 2.75) is 0 Å². The highest BCUT2D eigenvalue weighted by Crippen LogP contribution is 2.34. The van der Waals surface area contributed by atoms with Gasteiger partial charge in [0, 0.05) is 35.6 Å². The van der Waals surface area contributed by atoms with Crippen molar-refractivity contribution in [3.8, 4) is 0 Å². The number of carbonyl (C=O) groups excluding carboxylic acids is 2. The third kappa shape index (κ3) is 3.50. The fourth-order valence-corrected chi connectivity index (χ4v) is 3.49. The molecule has 0 saturated heterocycles. The molecule has 0 unspecified atom stereocenters. The number of nitrogens with one attached hydrogen (secondary N) is 1. The SMILES string of the molecule is O=C1c2cccc3c(N/N=C/c4ccncc4)ccc(c23)C(=O)N1/N=C/c1ccncc1. The predicted molar refractivity (Wildman–Crippen MR) is 122 cm³/mol. The summed E-state index contributed by atoms with van der Waals surface area (Å²) in [7, 11) is 0. The fraction of sp³-hybridized carbons (Fsp3) is 0. The van der Waals surface area contributed by atoms with Crippen molar-refractivity contribution < 1.29 is 9.59 Å². The van der Waals surface area contributed by atoms with Gasteiger partial charge in [0.15, 0.2) is 0 Å². The van der Waals surface area contributed by atoms with Gasteiger partial charge in [-0.1, -0.05) is 12.1 Å². The minimum Gasteiger partial charge on any atom is -0.278 e. The second-order valence-electron chi connectivity index (χ2n) is 6.99. The van der Waals surface area contributed by atoms with Crippen LogP contribution >= 0.6 is 0 Å². The van der Waals surface area contributed by atoms with E-state index < -0.39 is 11.8 Å². The van der Waals surface area contributed by atoms with Crippen molar-refractivity contribution in [1.82, 2.24) is 15.0 Å². The molecule has 2 aromatic carbocycles. The molecule has 0 bridgehead atoms. The van der Waals surface area contributed by atoms with Gasteiger partial charge in [-0.2, -0.15) is 15.2 Å². The molecular weight excluding hydrogens is 404 g/mol. The molecule has 1 aliphatic rings. The molecule has 8 nitrogen and oxygen atoms in total. The Morgan fingerprint density at radius 2 is 1.38 bits per heavy atom. The van der Waals surface area contributed by atoms with Gasteiger partial charge in [0.05, 0.1) is 29.2 Å². The van der Waals surface area contributed by atoms with E-state index >= 15 is 0 Å². The number of aromatic nitrogens is 2. The van der Waals surface area contributed by atoms with Gasteiger partial charge in [-0.15, -0.1) is 0 Å². The number of pyridine rings is 2. The summed E-state index contributed by atoms with van der Waals surface area (Å²) in [6, 6.07) is 15.9. The van der Waals surface area contributed by atoms with E-state index in [0.717, 1.165) is 21.5 Å². The largest absolute Gasteiger partial charge is 0.282 e. The third-order valence-corrected chi connectivity index (χ3v) is 5.02. The summed E-state index contributed by atoms with van der Waals surface area (Å²) >= 11 is 0. The molecule has 2 aromatic heterocycles. The van der Waals surface area contributed by atoms with Crippen molar-refractivity contribution in [2.24, 2.45) is 10.2 Å². The smallest absolute Gasteiger partial charge is 0.278 e. The lowest BCUT2D eigenvalue weighted by Crippen LogP contribution is -2.36. The highest BCUT2D eigenvalue weighted by molar-refractivity contribution is 6.26. The lowest BCUT2D eigenvalue weighted by Gasteiger charge is -2.24. The van der Waals surface area contributed by atoms with Gasteiger partial charge in [-0.3, -0.25) is 25.0 Å². The third-order valence-electron chi connectivity index (χ3n) is 5.02. The van der Waals surface area contributed by atoms with Crippen molar-refractivity contribution >= 4 is 40.7 Å². The first-order valence-electron chi connectivity index (χ1n) is 9.80. The van der Waals surface area contributed by atoms with Gasteiger partial charge in [-0.25, -0.2) is 0 Å². The molecule has 0 saturated carbocycles. The van der Waals surface area contributed by atoms with E-state index in [1.807, 2.05) is 18.2 Å². The quantitative estimate of drug-likeness (QED) is 0.301. The molecule has 0 radical (unpaired) electrons. The van der Waals surface area contributed by atoms with E-state index in [2.05, 4.69) is 25.6 Å². The molecule has 0 atom stereocenters. The summed E-state index contributed by atoms with van der Waals surface area (Å²) in [6.07, 6.45) is 9.73. The summed E-state index contributed by atoms with van der Waals surface area (Å²) in [5.41, 5.74) is 6.13. The topological polar surface area (TPSA) is 99.9 Å². The number of benzene rings is 2. The maximum atomic E-state index is 13.1. The summed E-state index contributed by atoms with van der Waals surface area (Å²) in [6.45, 7) is 0. The van der Waals surface area contributed by atoms with Crippen LogP contribution in [0.25, 0.3) is 10.8 Å². The number of hydrazone groups is 2. The Kier molecular flexibility index (Phi) is 4.93. The van der Waals surface area contributed by atoms with Crippen LogP contribution in [0, 0.1) is 0 Å². The van der Waals surface area contributed by atoms with Gasteiger partial charge in [-0.05, 0) is 53.6 Å². The molecule has 1 N–H and O–H groups in total. The fourth-order valence-electron chi connectivity index (χ4n) is 3.49. The molecule has 5 rings (SSSR count). The van der Waals surface area contributed by atoms with Crippen LogP contribution in [0.1, 0.15) is 31.8 Å². The van der Waals surface area contributed by atoms with Crippen LogP contribution in [-0.4, -0.2) is 39.2 Å². The van der Waals surface area contributed by atoms with Gasteiger partial charge < -0.3 is 0 Å². The van der Waals surface area contributed by atoms with E-state index in [1.54, 1.807) is 67.4 Å². The number of nitrogens with zero attached hydrogens (tertiary/aromatic N) is 5. The highest BCUT2D eigenvalue weighted by atomic mass is 16.2. The Morgan fingerprint density at radius 1 is 0.750 bits per heavy atom. The van der Waals surface area contributed by atoms with Crippen LogP contribution in [0.5, 0.6) is 0 Å². The molecule has 3 heterocycles. The molecular formula is C24H16N6O2. The lowest BCUT2D eigenvalue weighted by molar-refractivity contribution is 0.0616. The monoisotopic (exact) mass is 420 g/mol. The zero-order valence-corrected chi connectivity index (χ0v) is 16.7. The molecule has 1 aliphatic heterocycles. The number of imide groups is 1. The van der Waals surface area contributed by atoms with Crippen LogP contribution in [-0.2, 0) is 0 Å². The van der Waals surface area contributed by atoms with Crippen molar-refractivity contribution in [3.63, 3.8) is 0 Å². The summed E-state index contributed by atoms with van der Waals surface area (Å²) in [5.74, 6) is -0.952. The van der Waals surface area contributed by atoms with Gasteiger partial charge >= 0.3 is 0 Å². The van der Waals surface area contributed by atoms with Crippen molar-refractivity contribution in [1.29, 1.82) is 0 Å². The number of rotatable bonds is 5. The standard InChI is InChI=1S/C24H16N6O2/c31-23-19-3-1-2-18-21(29-27-14-16-6-10-25-11-7-16)5-4-20(22(18)19)24(32)30(23)28-15-17-8-12-26-13-9-17/h1-15,29H/b27-14+,28-15+. The highest BCUT2D eigenvalue weighted by Gasteiger charge is 2.33. The zero-order valence-electron chi connectivity index (χ0n) is 16.7. The van der Waals surface area contributed by atoms with Gasteiger partial charge in [0.2, 0.25) is 0 Å². The molecule has 0 fully saturated rings. The van der Waals surface area contributed by atoms with Crippen LogP contribution in [0.15, 0.2) is 89.6 Å². The molecule has 32 heavy (non-hydrogen) atoms. The Bertz CT molecular complexity index is 1360. The summed E-state index contributed by atoms with van der Waals surface area (Å²) in [4.78, 5) is 34.1. The Hall–Kier alpha value is -4.72. The van der Waals surface area contributed by atoms with Crippen LogP contribution in [0.3, 0.4) is 0 Å². The predicted octanol–water partition coefficient (Wildman–Crippen LogP) is 3.71. The molecule has 0 aliphatic carbocycles. The minimum absolute atomic E-state index is 0.408. The van der Waals surface area contributed by atoms with E-state index in [9.17, 15) is 9.59 Å². The number of carbonyl (C=O) groups is 2. The van der Waals surface area contributed by atoms with E-state index in [4.69, 9.17) is 0 Å². The number of amides is 2. The van der Waals surface area contributed by atoms with E-state index in [-0.39, 0.29) is 0 Å². The number of anilines is 1. The second-order valence-corrected chi connectivity index (χ2v) is 6.99. The maximum Gasteiger partial charge on any atom is 0.282 e. The van der Waals surface area contributed by atoms with E-state index in [1.165, 1.54) is 6.21 Å². The normalized spacial score (nSPS) is 13.4. The second kappa shape index (κ2) is 8.19. The Labute approximate surface area is 182 Å². The first kappa shape index (κ1) is 19.3. The van der Waals surface area contributed by atoms with Crippen LogP contribution in [0.4, 0.5) is 5.69 Å².